The van der Waals surface area contributed by atoms with E-state index in [4.69, 9.17) is 16.6 Å². The third-order valence-electron chi connectivity index (χ3n) is 4.70. The minimum atomic E-state index is 0.0492. The van der Waals surface area contributed by atoms with Gasteiger partial charge in [-0.1, -0.05) is 35.9 Å². The van der Waals surface area contributed by atoms with E-state index in [9.17, 15) is 5.11 Å². The molecule has 0 spiro atoms. The molecule has 0 radical (unpaired) electrons. The van der Waals surface area contributed by atoms with Crippen molar-refractivity contribution < 1.29 is 5.11 Å². The van der Waals surface area contributed by atoms with Crippen molar-refractivity contribution in [2.75, 3.05) is 32.7 Å². The first-order chi connectivity index (χ1) is 13.2. The van der Waals surface area contributed by atoms with Gasteiger partial charge < -0.3 is 15.3 Å². The van der Waals surface area contributed by atoms with E-state index in [2.05, 4.69) is 28.1 Å². The van der Waals surface area contributed by atoms with Gasteiger partial charge in [-0.15, -0.1) is 11.3 Å². The molecule has 3 rings (SSSR count). The summed E-state index contributed by atoms with van der Waals surface area (Å²) >= 11 is 7.70. The summed E-state index contributed by atoms with van der Waals surface area (Å²) in [4.78, 5) is 10.9. The van der Waals surface area contributed by atoms with Crippen molar-refractivity contribution in [3.63, 3.8) is 0 Å². The number of hydrogen-bond acceptors (Lipinski definition) is 4. The van der Waals surface area contributed by atoms with Gasteiger partial charge in [0.1, 0.15) is 0 Å². The molecule has 1 aliphatic heterocycles. The van der Waals surface area contributed by atoms with Gasteiger partial charge in [-0.2, -0.15) is 0 Å². The van der Waals surface area contributed by atoms with Gasteiger partial charge >= 0.3 is 0 Å². The molecule has 27 heavy (non-hydrogen) atoms. The highest BCUT2D eigenvalue weighted by Gasteiger charge is 2.20. The van der Waals surface area contributed by atoms with E-state index < -0.39 is 0 Å². The average Bonchev–Trinajstić information content (AvgIpc) is 3.10. The second-order valence-electron chi connectivity index (χ2n) is 6.57. The maximum absolute atomic E-state index is 9.50. The van der Waals surface area contributed by atoms with Crippen LogP contribution in [0.1, 0.15) is 22.9 Å². The van der Waals surface area contributed by atoms with Crippen LogP contribution in [0.25, 0.3) is 0 Å². The Hall–Kier alpha value is -1.60. The van der Waals surface area contributed by atoms with E-state index in [1.54, 1.807) is 11.3 Å². The van der Waals surface area contributed by atoms with E-state index in [-0.39, 0.29) is 6.61 Å². The SMILES string of the molecule is CCNC(=NCc1ccccc1CO)N1CCN(Cc2ccc(Cl)s2)CC1. The lowest BCUT2D eigenvalue weighted by Gasteiger charge is -2.36. The zero-order chi connectivity index (χ0) is 19.1. The fourth-order valence-electron chi connectivity index (χ4n) is 3.23. The Balaban J connectivity index is 1.59. The number of aliphatic hydroxyl groups excluding tert-OH is 1. The molecule has 2 N–H and O–H groups in total. The van der Waals surface area contributed by atoms with Crippen LogP contribution in [0.2, 0.25) is 4.34 Å². The summed E-state index contributed by atoms with van der Waals surface area (Å²) in [5.74, 6) is 0.948. The second kappa shape index (κ2) is 10.1. The van der Waals surface area contributed by atoms with Crippen LogP contribution < -0.4 is 5.32 Å². The number of hydrogen-bond donors (Lipinski definition) is 2. The highest BCUT2D eigenvalue weighted by Crippen LogP contribution is 2.23. The summed E-state index contributed by atoms with van der Waals surface area (Å²) in [5.41, 5.74) is 2.01. The highest BCUT2D eigenvalue weighted by atomic mass is 35.5. The van der Waals surface area contributed by atoms with E-state index in [1.165, 1.54) is 4.88 Å². The van der Waals surface area contributed by atoms with Crippen LogP contribution in [0.5, 0.6) is 0 Å². The lowest BCUT2D eigenvalue weighted by molar-refractivity contribution is 0.173. The summed E-state index contributed by atoms with van der Waals surface area (Å²) in [5, 5.41) is 12.9. The standard InChI is InChI=1S/C20H27ClN4OS/c1-2-22-20(23-13-16-5-3-4-6-17(16)15-26)25-11-9-24(10-12-25)14-18-7-8-19(21)27-18/h3-8,26H,2,9-15H2,1H3,(H,22,23). The maximum atomic E-state index is 9.50. The van der Waals surface area contributed by atoms with Gasteiger partial charge in [0.15, 0.2) is 5.96 Å². The predicted molar refractivity (Wildman–Crippen MR) is 113 cm³/mol. The monoisotopic (exact) mass is 406 g/mol. The van der Waals surface area contributed by atoms with E-state index >= 15 is 0 Å². The molecule has 1 saturated heterocycles. The number of piperazine rings is 1. The second-order valence-corrected chi connectivity index (χ2v) is 8.37. The van der Waals surface area contributed by atoms with Gasteiger partial charge in [-0.3, -0.25) is 4.90 Å². The summed E-state index contributed by atoms with van der Waals surface area (Å²) in [6, 6.07) is 12.0. The van der Waals surface area contributed by atoms with Crippen molar-refractivity contribution in [1.29, 1.82) is 0 Å². The van der Waals surface area contributed by atoms with Crippen LogP contribution in [0, 0.1) is 0 Å². The van der Waals surface area contributed by atoms with Gasteiger partial charge in [0.05, 0.1) is 17.5 Å². The molecule has 146 valence electrons. The van der Waals surface area contributed by atoms with Crippen molar-refractivity contribution in [2.45, 2.75) is 26.6 Å². The Labute approximate surface area is 170 Å². The van der Waals surface area contributed by atoms with Crippen molar-refractivity contribution in [3.05, 3.63) is 56.7 Å². The molecule has 1 aromatic heterocycles. The highest BCUT2D eigenvalue weighted by molar-refractivity contribution is 7.16. The molecular formula is C20H27ClN4OS. The van der Waals surface area contributed by atoms with Crippen LogP contribution in [0.15, 0.2) is 41.4 Å². The molecule has 0 aliphatic carbocycles. The normalized spacial score (nSPS) is 16.0. The number of benzene rings is 1. The Morgan fingerprint density at radius 3 is 2.52 bits per heavy atom. The van der Waals surface area contributed by atoms with Gasteiger partial charge in [0.2, 0.25) is 0 Å². The summed E-state index contributed by atoms with van der Waals surface area (Å²) in [7, 11) is 0. The lowest BCUT2D eigenvalue weighted by Crippen LogP contribution is -2.52. The zero-order valence-electron chi connectivity index (χ0n) is 15.7. The molecule has 0 unspecified atom stereocenters. The number of aliphatic hydroxyl groups is 1. The molecular weight excluding hydrogens is 380 g/mol. The van der Waals surface area contributed by atoms with Gasteiger partial charge in [-0.05, 0) is 30.2 Å². The lowest BCUT2D eigenvalue weighted by atomic mass is 10.1. The number of guanidine groups is 1. The van der Waals surface area contributed by atoms with Crippen LogP contribution in [0.3, 0.4) is 0 Å². The van der Waals surface area contributed by atoms with Crippen molar-refractivity contribution in [2.24, 2.45) is 4.99 Å². The minimum absolute atomic E-state index is 0.0492. The van der Waals surface area contributed by atoms with Gasteiger partial charge in [0, 0.05) is 44.1 Å². The van der Waals surface area contributed by atoms with Crippen LogP contribution in [-0.2, 0) is 19.7 Å². The summed E-state index contributed by atoms with van der Waals surface area (Å²) in [6.07, 6.45) is 0. The Kier molecular flexibility index (Phi) is 7.52. The summed E-state index contributed by atoms with van der Waals surface area (Å²) in [6.45, 7) is 8.44. The number of thiophene rings is 1. The molecule has 5 nitrogen and oxygen atoms in total. The molecule has 7 heteroatoms. The van der Waals surface area contributed by atoms with Gasteiger partial charge in [-0.25, -0.2) is 4.99 Å². The number of halogens is 1. The van der Waals surface area contributed by atoms with E-state index in [0.29, 0.717) is 6.54 Å². The molecule has 2 aromatic rings. The Morgan fingerprint density at radius 2 is 1.89 bits per heavy atom. The summed E-state index contributed by atoms with van der Waals surface area (Å²) < 4.78 is 0.855. The van der Waals surface area contributed by atoms with Crippen molar-refractivity contribution in [1.82, 2.24) is 15.1 Å². The van der Waals surface area contributed by atoms with Crippen molar-refractivity contribution in [3.8, 4) is 0 Å². The van der Waals surface area contributed by atoms with Crippen LogP contribution in [0.4, 0.5) is 0 Å². The Morgan fingerprint density at radius 1 is 1.15 bits per heavy atom. The largest absolute Gasteiger partial charge is 0.392 e. The molecule has 0 bridgehead atoms. The Bertz CT molecular complexity index is 756. The molecule has 0 saturated carbocycles. The van der Waals surface area contributed by atoms with Crippen molar-refractivity contribution >= 4 is 28.9 Å². The van der Waals surface area contributed by atoms with E-state index in [0.717, 1.165) is 60.7 Å². The van der Waals surface area contributed by atoms with Crippen LogP contribution >= 0.6 is 22.9 Å². The first-order valence-electron chi connectivity index (χ1n) is 9.37. The average molecular weight is 407 g/mol. The first kappa shape index (κ1) is 20.1. The molecule has 0 amide bonds. The third kappa shape index (κ3) is 5.69. The van der Waals surface area contributed by atoms with Crippen LogP contribution in [-0.4, -0.2) is 53.6 Å². The van der Waals surface area contributed by atoms with Gasteiger partial charge in [0.25, 0.3) is 0 Å². The number of aliphatic imine (C=N–C) groups is 1. The van der Waals surface area contributed by atoms with E-state index in [1.807, 2.05) is 30.3 Å². The zero-order valence-corrected chi connectivity index (χ0v) is 17.3. The molecule has 2 heterocycles. The number of rotatable bonds is 6. The quantitative estimate of drug-likeness (QED) is 0.571. The smallest absolute Gasteiger partial charge is 0.194 e. The fraction of sp³-hybridized carbons (Fsp3) is 0.450. The fourth-order valence-corrected chi connectivity index (χ4v) is 4.36. The molecule has 0 atom stereocenters. The predicted octanol–water partition coefficient (Wildman–Crippen LogP) is 3.18. The number of nitrogens with zero attached hydrogens (tertiary/aromatic N) is 3. The first-order valence-corrected chi connectivity index (χ1v) is 10.6. The molecule has 1 aliphatic rings. The third-order valence-corrected chi connectivity index (χ3v) is 5.92. The minimum Gasteiger partial charge on any atom is -0.392 e. The molecule has 1 aromatic carbocycles. The topological polar surface area (TPSA) is 51.1 Å². The molecule has 1 fully saturated rings. The number of nitrogens with one attached hydrogen (secondary N) is 1. The maximum Gasteiger partial charge on any atom is 0.194 e.